The van der Waals surface area contributed by atoms with Gasteiger partial charge in [0.15, 0.2) is 0 Å². The topological polar surface area (TPSA) is 58.4 Å². The summed E-state index contributed by atoms with van der Waals surface area (Å²) in [6.45, 7) is 3.47. The van der Waals surface area contributed by atoms with Gasteiger partial charge in [-0.1, -0.05) is 18.9 Å². The highest BCUT2D eigenvalue weighted by Crippen LogP contribution is 2.21. The molecule has 4 nitrogen and oxygen atoms in total. The third-order valence-corrected chi connectivity index (χ3v) is 4.32. The molecule has 1 saturated carbocycles. The van der Waals surface area contributed by atoms with E-state index in [1.165, 1.54) is 25.7 Å². The van der Waals surface area contributed by atoms with Crippen LogP contribution >= 0.6 is 0 Å². The summed E-state index contributed by atoms with van der Waals surface area (Å²) in [7, 11) is 2.15. The molecule has 1 aliphatic rings. The van der Waals surface area contributed by atoms with Crippen molar-refractivity contribution < 1.29 is 4.79 Å². The Kier molecular flexibility index (Phi) is 5.01. The number of carbonyl (C=O) groups excluding carboxylic acids is 1. The molecule has 1 aromatic rings. The van der Waals surface area contributed by atoms with Crippen molar-refractivity contribution in [2.45, 2.75) is 38.6 Å². The molecule has 0 bridgehead atoms. The number of hydrogen-bond donors (Lipinski definition) is 2. The number of nitrogens with two attached hydrogens (primary N) is 1. The Morgan fingerprint density at radius 2 is 2.10 bits per heavy atom. The van der Waals surface area contributed by atoms with Crippen LogP contribution in [0.4, 0.5) is 5.69 Å². The van der Waals surface area contributed by atoms with Gasteiger partial charge in [0.1, 0.15) is 0 Å². The Labute approximate surface area is 121 Å². The predicted molar refractivity (Wildman–Crippen MR) is 82.8 cm³/mol. The van der Waals surface area contributed by atoms with E-state index in [-0.39, 0.29) is 5.91 Å². The van der Waals surface area contributed by atoms with Crippen molar-refractivity contribution in [3.05, 3.63) is 29.3 Å². The third kappa shape index (κ3) is 3.51. The SMILES string of the molecule is Cc1c(N)cccc1C(=O)NCCN(C)C1CCCC1. The van der Waals surface area contributed by atoms with E-state index in [9.17, 15) is 4.79 Å². The molecule has 1 fully saturated rings. The van der Waals surface area contributed by atoms with Crippen LogP contribution in [0.1, 0.15) is 41.6 Å². The van der Waals surface area contributed by atoms with Crippen molar-refractivity contribution in [1.29, 1.82) is 0 Å². The average Bonchev–Trinajstić information content (AvgIpc) is 2.95. The second-order valence-corrected chi connectivity index (χ2v) is 5.69. The first-order chi connectivity index (χ1) is 9.59. The molecule has 0 spiro atoms. The van der Waals surface area contributed by atoms with Gasteiger partial charge in [-0.2, -0.15) is 0 Å². The maximum Gasteiger partial charge on any atom is 0.251 e. The Bertz CT molecular complexity index is 467. The van der Waals surface area contributed by atoms with Gasteiger partial charge in [0.2, 0.25) is 0 Å². The lowest BCUT2D eigenvalue weighted by Gasteiger charge is -2.24. The van der Waals surface area contributed by atoms with E-state index in [1.807, 2.05) is 25.1 Å². The lowest BCUT2D eigenvalue weighted by atomic mass is 10.1. The van der Waals surface area contributed by atoms with E-state index in [0.717, 1.165) is 12.1 Å². The monoisotopic (exact) mass is 275 g/mol. The van der Waals surface area contributed by atoms with Gasteiger partial charge in [0, 0.05) is 30.4 Å². The van der Waals surface area contributed by atoms with Crippen LogP contribution in [0.3, 0.4) is 0 Å². The van der Waals surface area contributed by atoms with Gasteiger partial charge in [-0.25, -0.2) is 0 Å². The molecule has 0 atom stereocenters. The third-order valence-electron chi connectivity index (χ3n) is 4.32. The summed E-state index contributed by atoms with van der Waals surface area (Å²) in [5.41, 5.74) is 8.03. The van der Waals surface area contributed by atoms with Crippen LogP contribution in [0.25, 0.3) is 0 Å². The number of amides is 1. The van der Waals surface area contributed by atoms with Crippen LogP contribution in [-0.4, -0.2) is 37.0 Å². The molecular weight excluding hydrogens is 250 g/mol. The minimum atomic E-state index is -0.0328. The van der Waals surface area contributed by atoms with Crippen molar-refractivity contribution in [1.82, 2.24) is 10.2 Å². The second kappa shape index (κ2) is 6.75. The summed E-state index contributed by atoms with van der Waals surface area (Å²) >= 11 is 0. The maximum atomic E-state index is 12.1. The number of nitrogens with one attached hydrogen (secondary N) is 1. The first kappa shape index (κ1) is 14.9. The van der Waals surface area contributed by atoms with Gasteiger partial charge in [0.25, 0.3) is 5.91 Å². The molecule has 0 unspecified atom stereocenters. The van der Waals surface area contributed by atoms with Gasteiger partial charge in [-0.15, -0.1) is 0 Å². The standard InChI is InChI=1S/C16H25N3O/c1-12-14(8-5-9-15(12)17)16(20)18-10-11-19(2)13-6-3-4-7-13/h5,8-9,13H,3-4,6-7,10-11,17H2,1-2H3,(H,18,20). The molecule has 1 aromatic carbocycles. The molecule has 4 heteroatoms. The number of likely N-dealkylation sites (N-methyl/N-ethyl adjacent to an activating group) is 1. The van der Waals surface area contributed by atoms with E-state index in [1.54, 1.807) is 0 Å². The quantitative estimate of drug-likeness (QED) is 0.810. The molecule has 0 radical (unpaired) electrons. The van der Waals surface area contributed by atoms with Crippen molar-refractivity contribution in [3.8, 4) is 0 Å². The summed E-state index contributed by atoms with van der Waals surface area (Å²) in [5.74, 6) is -0.0328. The number of hydrogen-bond acceptors (Lipinski definition) is 3. The number of benzene rings is 1. The minimum Gasteiger partial charge on any atom is -0.398 e. The molecule has 20 heavy (non-hydrogen) atoms. The zero-order valence-electron chi connectivity index (χ0n) is 12.5. The fourth-order valence-corrected chi connectivity index (χ4v) is 2.87. The number of nitrogens with zero attached hydrogens (tertiary/aromatic N) is 1. The molecule has 1 amide bonds. The van der Waals surface area contributed by atoms with Crippen molar-refractivity contribution in [3.63, 3.8) is 0 Å². The molecule has 2 rings (SSSR count). The first-order valence-electron chi connectivity index (χ1n) is 7.43. The molecule has 0 aromatic heterocycles. The van der Waals surface area contributed by atoms with Gasteiger partial charge in [0.05, 0.1) is 0 Å². The Morgan fingerprint density at radius 3 is 2.80 bits per heavy atom. The van der Waals surface area contributed by atoms with Crippen LogP contribution in [0.15, 0.2) is 18.2 Å². The minimum absolute atomic E-state index is 0.0328. The fraction of sp³-hybridized carbons (Fsp3) is 0.562. The van der Waals surface area contributed by atoms with Crippen LogP contribution in [0.5, 0.6) is 0 Å². The van der Waals surface area contributed by atoms with Crippen LogP contribution in [0, 0.1) is 6.92 Å². The van der Waals surface area contributed by atoms with Crippen molar-refractivity contribution in [2.24, 2.45) is 0 Å². The van der Waals surface area contributed by atoms with Gasteiger partial charge >= 0.3 is 0 Å². The highest BCUT2D eigenvalue weighted by molar-refractivity contribution is 5.96. The van der Waals surface area contributed by atoms with E-state index < -0.39 is 0 Å². The maximum absolute atomic E-state index is 12.1. The van der Waals surface area contributed by atoms with Crippen LogP contribution in [0.2, 0.25) is 0 Å². The summed E-state index contributed by atoms with van der Waals surface area (Å²) < 4.78 is 0. The molecule has 0 saturated heterocycles. The lowest BCUT2D eigenvalue weighted by molar-refractivity contribution is 0.0946. The lowest BCUT2D eigenvalue weighted by Crippen LogP contribution is -2.37. The Morgan fingerprint density at radius 1 is 1.40 bits per heavy atom. The molecule has 110 valence electrons. The first-order valence-corrected chi connectivity index (χ1v) is 7.43. The largest absolute Gasteiger partial charge is 0.398 e. The van der Waals surface area contributed by atoms with Crippen LogP contribution in [-0.2, 0) is 0 Å². The Balaban J connectivity index is 1.81. The van der Waals surface area contributed by atoms with Gasteiger partial charge in [-0.3, -0.25) is 4.79 Å². The number of carbonyl (C=O) groups is 1. The number of rotatable bonds is 5. The number of anilines is 1. The van der Waals surface area contributed by atoms with Crippen molar-refractivity contribution >= 4 is 11.6 Å². The van der Waals surface area contributed by atoms with E-state index in [2.05, 4.69) is 17.3 Å². The van der Waals surface area contributed by atoms with Gasteiger partial charge < -0.3 is 16.0 Å². The molecule has 0 heterocycles. The summed E-state index contributed by atoms with van der Waals surface area (Å²) in [6.07, 6.45) is 5.26. The summed E-state index contributed by atoms with van der Waals surface area (Å²) in [6, 6.07) is 6.16. The highest BCUT2D eigenvalue weighted by Gasteiger charge is 2.19. The zero-order chi connectivity index (χ0) is 14.5. The fourth-order valence-electron chi connectivity index (χ4n) is 2.87. The van der Waals surface area contributed by atoms with Crippen molar-refractivity contribution in [2.75, 3.05) is 25.9 Å². The average molecular weight is 275 g/mol. The molecule has 1 aliphatic carbocycles. The molecule has 0 aliphatic heterocycles. The molecule has 3 N–H and O–H groups in total. The normalized spacial score (nSPS) is 15.8. The zero-order valence-corrected chi connectivity index (χ0v) is 12.5. The highest BCUT2D eigenvalue weighted by atomic mass is 16.1. The second-order valence-electron chi connectivity index (χ2n) is 5.69. The Hall–Kier alpha value is -1.55. The predicted octanol–water partition coefficient (Wildman–Crippen LogP) is 2.18. The van der Waals surface area contributed by atoms with Crippen LogP contribution < -0.4 is 11.1 Å². The van der Waals surface area contributed by atoms with E-state index in [4.69, 9.17) is 5.73 Å². The van der Waals surface area contributed by atoms with E-state index >= 15 is 0 Å². The molecular formula is C16H25N3O. The summed E-state index contributed by atoms with van der Waals surface area (Å²) in [5, 5.41) is 2.99. The van der Waals surface area contributed by atoms with E-state index in [0.29, 0.717) is 23.8 Å². The number of nitrogen functional groups attached to an aromatic ring is 1. The summed E-state index contributed by atoms with van der Waals surface area (Å²) in [4.78, 5) is 14.5. The smallest absolute Gasteiger partial charge is 0.251 e. The van der Waals surface area contributed by atoms with Gasteiger partial charge in [-0.05, 0) is 44.5 Å².